The fraction of sp³-hybridized carbons (Fsp3) is 0.133. The summed E-state index contributed by atoms with van der Waals surface area (Å²) in [6, 6.07) is 0.805. The summed E-state index contributed by atoms with van der Waals surface area (Å²) in [6.07, 6.45) is -5.51. The number of aromatic nitrogens is 1. The summed E-state index contributed by atoms with van der Waals surface area (Å²) < 4.78 is 71.9. The summed E-state index contributed by atoms with van der Waals surface area (Å²) in [7, 11) is 0. The van der Waals surface area contributed by atoms with E-state index in [0.29, 0.717) is 0 Å². The number of alkyl halides is 2. The molecule has 0 aliphatic rings. The summed E-state index contributed by atoms with van der Waals surface area (Å²) >= 11 is 5.81. The predicted molar refractivity (Wildman–Crippen MR) is 82.5 cm³/mol. The van der Waals surface area contributed by atoms with E-state index in [-0.39, 0.29) is 11.8 Å². The van der Waals surface area contributed by atoms with Gasteiger partial charge in [-0.1, -0.05) is 11.6 Å². The number of hydrogen-bond donors (Lipinski definition) is 2. The van der Waals surface area contributed by atoms with Gasteiger partial charge in [-0.05, 0) is 6.07 Å². The second kappa shape index (κ2) is 7.74. The van der Waals surface area contributed by atoms with Crippen LogP contribution in [0.3, 0.4) is 0 Å². The van der Waals surface area contributed by atoms with Crippen molar-refractivity contribution < 1.29 is 41.4 Å². The first kappa shape index (κ1) is 20.4. The minimum atomic E-state index is -3.61. The summed E-state index contributed by atoms with van der Waals surface area (Å²) in [5.74, 6) is -6.95. The number of amides is 1. The predicted octanol–water partition coefficient (Wildman–Crippen LogP) is 4.77. The van der Waals surface area contributed by atoms with Crippen molar-refractivity contribution in [1.29, 1.82) is 0 Å². The molecule has 0 spiro atoms. The van der Waals surface area contributed by atoms with Crippen LogP contribution in [-0.4, -0.2) is 22.2 Å². The van der Waals surface area contributed by atoms with E-state index in [2.05, 4.69) is 15.0 Å². The van der Waals surface area contributed by atoms with Gasteiger partial charge in [0.25, 0.3) is 6.43 Å². The number of nitrogens with zero attached hydrogens (tertiary/aromatic N) is 1. The molecule has 0 unspecified atom stereocenters. The topological polar surface area (TPSA) is 88.5 Å². The average molecular weight is 411 g/mol. The number of carbonyl (C=O) groups excluding carboxylic acids is 1. The Morgan fingerprint density at radius 3 is 2.37 bits per heavy atom. The highest BCUT2D eigenvalue weighted by Gasteiger charge is 2.28. The molecule has 1 amide bonds. The first-order valence-corrected chi connectivity index (χ1v) is 7.25. The number of rotatable bonds is 4. The van der Waals surface area contributed by atoms with Gasteiger partial charge >= 0.3 is 6.16 Å². The Hall–Kier alpha value is -2.95. The van der Waals surface area contributed by atoms with Crippen LogP contribution in [0.2, 0.25) is 5.02 Å². The number of pyridine rings is 1. The second-order valence-corrected chi connectivity index (χ2v) is 5.34. The molecule has 0 fully saturated rings. The van der Waals surface area contributed by atoms with E-state index in [0.717, 1.165) is 13.0 Å². The van der Waals surface area contributed by atoms with Crippen LogP contribution >= 0.6 is 11.6 Å². The third-order valence-electron chi connectivity index (χ3n) is 3.10. The molecule has 2 N–H and O–H groups in total. The monoisotopic (exact) mass is 410 g/mol. The molecule has 0 atom stereocenters. The van der Waals surface area contributed by atoms with Crippen LogP contribution in [0, 0.1) is 17.5 Å². The van der Waals surface area contributed by atoms with Crippen LogP contribution in [0.1, 0.15) is 18.9 Å². The lowest BCUT2D eigenvalue weighted by Crippen LogP contribution is -2.11. The first-order chi connectivity index (χ1) is 12.5. The maximum atomic E-state index is 14.3. The lowest BCUT2D eigenvalue weighted by Gasteiger charge is -2.14. The van der Waals surface area contributed by atoms with Crippen molar-refractivity contribution in [2.75, 3.05) is 5.32 Å². The van der Waals surface area contributed by atoms with E-state index in [1.54, 1.807) is 0 Å². The Balaban J connectivity index is 2.80. The van der Waals surface area contributed by atoms with Crippen molar-refractivity contribution in [2.45, 2.75) is 13.3 Å². The zero-order valence-electron chi connectivity index (χ0n) is 13.1. The second-order valence-electron chi connectivity index (χ2n) is 4.97. The number of halogens is 6. The zero-order valence-corrected chi connectivity index (χ0v) is 13.9. The fourth-order valence-electron chi connectivity index (χ4n) is 2.11. The molecule has 1 heterocycles. The maximum Gasteiger partial charge on any atom is 0.512 e. The number of hydrogen-bond acceptors (Lipinski definition) is 4. The van der Waals surface area contributed by atoms with Crippen molar-refractivity contribution in [1.82, 2.24) is 4.98 Å². The molecule has 0 bridgehead atoms. The standard InChI is InChI=1S/C15H8ClF5N2O4/c1-4(24)22-8-3-7(23-14(11(8)16)27-15(25)26)9-5(17)2-6(18)10(12(9)19)13(20)21/h2-3,13H,1H3,(H,25,26)(H,22,23,24). The van der Waals surface area contributed by atoms with Gasteiger partial charge in [0.2, 0.25) is 11.8 Å². The number of ether oxygens (including phenoxy) is 1. The van der Waals surface area contributed by atoms with Crippen molar-refractivity contribution >= 4 is 29.4 Å². The summed E-state index contributed by atoms with van der Waals surface area (Å²) in [4.78, 5) is 25.4. The normalized spacial score (nSPS) is 10.8. The van der Waals surface area contributed by atoms with Gasteiger partial charge in [0.05, 0.1) is 22.5 Å². The molecule has 12 heteroatoms. The van der Waals surface area contributed by atoms with E-state index >= 15 is 0 Å². The summed E-state index contributed by atoms with van der Waals surface area (Å²) in [5, 5.41) is 10.3. The lowest BCUT2D eigenvalue weighted by atomic mass is 10.0. The van der Waals surface area contributed by atoms with Gasteiger partial charge in [0.15, 0.2) is 0 Å². The van der Waals surface area contributed by atoms with E-state index in [4.69, 9.17) is 16.7 Å². The van der Waals surface area contributed by atoms with Crippen LogP contribution in [0.25, 0.3) is 11.3 Å². The SMILES string of the molecule is CC(=O)Nc1cc(-c2c(F)cc(F)c(C(F)F)c2F)nc(OC(=O)O)c1Cl. The van der Waals surface area contributed by atoms with E-state index < -0.39 is 63.7 Å². The van der Waals surface area contributed by atoms with E-state index in [9.17, 15) is 31.5 Å². The molecular formula is C15H8ClF5N2O4. The Morgan fingerprint density at radius 2 is 1.85 bits per heavy atom. The van der Waals surface area contributed by atoms with Gasteiger partial charge in [-0.25, -0.2) is 31.7 Å². The first-order valence-electron chi connectivity index (χ1n) is 6.87. The van der Waals surface area contributed by atoms with Gasteiger partial charge in [0.1, 0.15) is 22.5 Å². The minimum Gasteiger partial charge on any atom is -0.449 e. The molecule has 1 aromatic carbocycles. The van der Waals surface area contributed by atoms with Crippen LogP contribution < -0.4 is 10.1 Å². The Kier molecular flexibility index (Phi) is 5.84. The van der Waals surface area contributed by atoms with Crippen LogP contribution in [0.5, 0.6) is 5.88 Å². The largest absolute Gasteiger partial charge is 0.512 e. The van der Waals surface area contributed by atoms with Crippen molar-refractivity contribution in [2.24, 2.45) is 0 Å². The summed E-state index contributed by atoms with van der Waals surface area (Å²) in [6.45, 7) is 1.04. The van der Waals surface area contributed by atoms with Crippen LogP contribution in [-0.2, 0) is 4.79 Å². The highest BCUT2D eigenvalue weighted by Crippen LogP contribution is 2.39. The molecule has 6 nitrogen and oxygen atoms in total. The molecule has 0 aliphatic heterocycles. The fourth-order valence-corrected chi connectivity index (χ4v) is 2.29. The molecular weight excluding hydrogens is 403 g/mol. The molecule has 27 heavy (non-hydrogen) atoms. The number of carboxylic acid groups (broad SMARTS) is 1. The Morgan fingerprint density at radius 1 is 1.22 bits per heavy atom. The Bertz CT molecular complexity index is 902. The number of benzene rings is 1. The maximum absolute atomic E-state index is 14.3. The smallest absolute Gasteiger partial charge is 0.449 e. The molecule has 0 aliphatic carbocycles. The van der Waals surface area contributed by atoms with Crippen LogP contribution in [0.15, 0.2) is 12.1 Å². The highest BCUT2D eigenvalue weighted by atomic mass is 35.5. The highest BCUT2D eigenvalue weighted by molar-refractivity contribution is 6.35. The quantitative estimate of drug-likeness (QED) is 0.560. The minimum absolute atomic E-state index is 0.0198. The number of nitrogens with one attached hydrogen (secondary N) is 1. The van der Waals surface area contributed by atoms with Crippen molar-refractivity contribution in [3.8, 4) is 17.1 Å². The molecule has 1 aromatic heterocycles. The van der Waals surface area contributed by atoms with E-state index in [1.165, 1.54) is 0 Å². The van der Waals surface area contributed by atoms with Gasteiger partial charge in [-0.2, -0.15) is 0 Å². The molecule has 144 valence electrons. The average Bonchev–Trinajstić information content (AvgIpc) is 2.49. The zero-order chi connectivity index (χ0) is 20.5. The number of anilines is 1. The van der Waals surface area contributed by atoms with Gasteiger partial charge in [-0.15, -0.1) is 0 Å². The molecule has 0 saturated heterocycles. The van der Waals surface area contributed by atoms with Gasteiger partial charge in [-0.3, -0.25) is 4.79 Å². The lowest BCUT2D eigenvalue weighted by molar-refractivity contribution is -0.114. The third kappa shape index (κ3) is 4.25. The molecule has 2 rings (SSSR count). The summed E-state index contributed by atoms with van der Waals surface area (Å²) in [5.41, 5.74) is -4.03. The Labute approximate surface area is 152 Å². The molecule has 0 saturated carbocycles. The van der Waals surface area contributed by atoms with E-state index in [1.807, 2.05) is 0 Å². The van der Waals surface area contributed by atoms with Gasteiger partial charge < -0.3 is 15.2 Å². The van der Waals surface area contributed by atoms with Crippen molar-refractivity contribution in [3.05, 3.63) is 40.2 Å². The molecule has 2 aromatic rings. The molecule has 0 radical (unpaired) electrons. The van der Waals surface area contributed by atoms with Gasteiger partial charge in [0, 0.05) is 13.0 Å². The van der Waals surface area contributed by atoms with Crippen molar-refractivity contribution in [3.63, 3.8) is 0 Å². The van der Waals surface area contributed by atoms with Crippen LogP contribution in [0.4, 0.5) is 32.4 Å². The number of carbonyl (C=O) groups is 2. The third-order valence-corrected chi connectivity index (χ3v) is 3.47.